The molecule has 0 aromatic heterocycles. The summed E-state index contributed by atoms with van der Waals surface area (Å²) in [5.41, 5.74) is 5.67. The first kappa shape index (κ1) is 20.8. The van der Waals surface area contributed by atoms with E-state index in [1.54, 1.807) is 24.3 Å². The molecule has 158 valence electrons. The molecule has 1 spiro atoms. The van der Waals surface area contributed by atoms with Crippen molar-refractivity contribution >= 4 is 17.6 Å². The summed E-state index contributed by atoms with van der Waals surface area (Å²) in [4.78, 5) is 28.6. The first-order valence-corrected chi connectivity index (χ1v) is 9.82. The van der Waals surface area contributed by atoms with Gasteiger partial charge < -0.3 is 15.2 Å². The normalized spacial score (nSPS) is 19.3. The van der Waals surface area contributed by atoms with Gasteiger partial charge >= 0.3 is 5.97 Å². The van der Waals surface area contributed by atoms with Crippen molar-refractivity contribution in [2.75, 3.05) is 11.4 Å². The van der Waals surface area contributed by atoms with Crippen molar-refractivity contribution in [2.24, 2.45) is 5.73 Å². The average Bonchev–Trinajstić information content (AvgIpc) is 3.02. The van der Waals surface area contributed by atoms with Crippen LogP contribution in [0.15, 0.2) is 77.4 Å². The fourth-order valence-electron chi connectivity index (χ4n) is 4.26. The molecule has 1 atom stereocenters. The highest BCUT2D eigenvalue weighted by atomic mass is 16.5. The Morgan fingerprint density at radius 3 is 2.59 bits per heavy atom. The van der Waals surface area contributed by atoms with Crippen molar-refractivity contribution in [1.82, 2.24) is 0 Å². The van der Waals surface area contributed by atoms with Crippen LogP contribution in [0.5, 0.6) is 0 Å². The van der Waals surface area contributed by atoms with E-state index in [4.69, 9.17) is 21.6 Å². The number of carbonyl (C=O) groups excluding carboxylic acids is 2. The second kappa shape index (κ2) is 7.98. The number of amides is 1. The Bertz CT molecular complexity index is 1260. The fourth-order valence-corrected chi connectivity index (χ4v) is 4.26. The van der Waals surface area contributed by atoms with Crippen LogP contribution in [-0.4, -0.2) is 18.4 Å². The summed E-state index contributed by atoms with van der Waals surface area (Å²) < 4.78 is 11.1. The lowest BCUT2D eigenvalue weighted by molar-refractivity contribution is -0.142. The molecule has 0 saturated heterocycles. The Hall–Kier alpha value is -4.49. The lowest BCUT2D eigenvalue weighted by Crippen LogP contribution is -2.48. The van der Waals surface area contributed by atoms with Crippen LogP contribution in [0.25, 0.3) is 0 Å². The number of anilines is 1. The predicted octanol–water partition coefficient (Wildman–Crippen LogP) is 2.65. The molecule has 2 aromatic carbocycles. The number of benzene rings is 2. The molecule has 0 fully saturated rings. The number of esters is 1. The van der Waals surface area contributed by atoms with E-state index >= 15 is 0 Å². The minimum Gasteiger partial charge on any atom is -0.457 e. The molecule has 2 heterocycles. The molecule has 0 aliphatic carbocycles. The van der Waals surface area contributed by atoms with Crippen LogP contribution in [0.3, 0.4) is 0 Å². The zero-order chi connectivity index (χ0) is 22.9. The highest BCUT2D eigenvalue weighted by Gasteiger charge is 2.62. The molecule has 2 aliphatic rings. The molecule has 0 unspecified atom stereocenters. The second-order valence-electron chi connectivity index (χ2n) is 7.31. The Balaban J connectivity index is 1.89. The van der Waals surface area contributed by atoms with E-state index in [1.165, 1.54) is 11.8 Å². The molecule has 0 bridgehead atoms. The summed E-state index contributed by atoms with van der Waals surface area (Å²) >= 11 is 0. The first-order chi connectivity index (χ1) is 15.5. The van der Waals surface area contributed by atoms with E-state index in [2.05, 4.69) is 5.92 Å². The maximum absolute atomic E-state index is 13.9. The number of nitrogens with two attached hydrogens (primary N) is 1. The molecule has 0 saturated carbocycles. The zero-order valence-electron chi connectivity index (χ0n) is 17.3. The number of nitriles is 1. The van der Waals surface area contributed by atoms with Gasteiger partial charge in [-0.3, -0.25) is 9.69 Å². The minimum absolute atomic E-state index is 0.0163. The number of hydrogen-bond donors (Lipinski definition) is 1. The number of carbonyl (C=O) groups is 2. The van der Waals surface area contributed by atoms with E-state index in [-0.39, 0.29) is 35.9 Å². The Kier molecular flexibility index (Phi) is 5.18. The van der Waals surface area contributed by atoms with Crippen molar-refractivity contribution in [3.05, 3.63) is 88.5 Å². The first-order valence-electron chi connectivity index (χ1n) is 9.82. The number of para-hydroxylation sites is 1. The third-order valence-electron chi connectivity index (χ3n) is 5.55. The maximum Gasteiger partial charge on any atom is 0.339 e. The molecule has 0 radical (unpaired) electrons. The summed E-state index contributed by atoms with van der Waals surface area (Å²) in [7, 11) is 0. The lowest BCUT2D eigenvalue weighted by atomic mass is 9.68. The molecule has 2 N–H and O–H groups in total. The van der Waals surface area contributed by atoms with Crippen molar-refractivity contribution in [1.29, 1.82) is 5.26 Å². The van der Waals surface area contributed by atoms with Gasteiger partial charge in [-0.05, 0) is 18.6 Å². The number of fused-ring (bicyclic) bond motifs is 2. The lowest BCUT2D eigenvalue weighted by Gasteiger charge is -2.34. The molecule has 4 rings (SSSR count). The van der Waals surface area contributed by atoms with Crippen molar-refractivity contribution in [3.63, 3.8) is 0 Å². The van der Waals surface area contributed by atoms with Crippen LogP contribution in [0, 0.1) is 23.7 Å². The summed E-state index contributed by atoms with van der Waals surface area (Å²) in [5, 5.41) is 9.99. The summed E-state index contributed by atoms with van der Waals surface area (Å²) in [6, 6.07) is 18.0. The van der Waals surface area contributed by atoms with Crippen LogP contribution in [0.1, 0.15) is 18.1 Å². The van der Waals surface area contributed by atoms with Gasteiger partial charge in [-0.1, -0.05) is 54.5 Å². The number of rotatable bonds is 4. The molecular weight excluding hydrogens is 406 g/mol. The van der Waals surface area contributed by atoms with Crippen LogP contribution in [0.2, 0.25) is 0 Å². The number of allylic oxidation sites excluding steroid dienone is 1. The second-order valence-corrected chi connectivity index (χ2v) is 7.31. The fraction of sp³-hybridized carbons (Fsp3) is 0.160. The van der Waals surface area contributed by atoms with Crippen molar-refractivity contribution in [2.45, 2.75) is 18.9 Å². The van der Waals surface area contributed by atoms with Crippen molar-refractivity contribution in [3.8, 4) is 18.4 Å². The largest absolute Gasteiger partial charge is 0.457 e. The monoisotopic (exact) mass is 425 g/mol. The van der Waals surface area contributed by atoms with Gasteiger partial charge in [0.25, 0.3) is 0 Å². The topological polar surface area (TPSA) is 106 Å². The Morgan fingerprint density at radius 2 is 1.91 bits per heavy atom. The molecule has 32 heavy (non-hydrogen) atoms. The van der Waals surface area contributed by atoms with Crippen molar-refractivity contribution < 1.29 is 19.1 Å². The van der Waals surface area contributed by atoms with Gasteiger partial charge in [0, 0.05) is 11.3 Å². The van der Waals surface area contributed by atoms with Gasteiger partial charge in [0.2, 0.25) is 11.8 Å². The molecule has 7 nitrogen and oxygen atoms in total. The van der Waals surface area contributed by atoms with E-state index in [0.717, 1.165) is 5.56 Å². The van der Waals surface area contributed by atoms with E-state index in [1.807, 2.05) is 36.4 Å². The third-order valence-corrected chi connectivity index (χ3v) is 5.55. The molecule has 1 amide bonds. The molecular formula is C25H19N3O4. The summed E-state index contributed by atoms with van der Waals surface area (Å²) in [5.74, 6) is 0.977. The van der Waals surface area contributed by atoms with E-state index < -0.39 is 17.3 Å². The quantitative estimate of drug-likeness (QED) is 0.596. The van der Waals surface area contributed by atoms with E-state index in [0.29, 0.717) is 11.3 Å². The summed E-state index contributed by atoms with van der Waals surface area (Å²) in [6.45, 7) is 1.46. The SMILES string of the molecule is C#CCN1C(=O)[C@]2(C(C#N)=C(N)OC(C)=C2C(=O)OCc2ccccc2)c2ccccc21. The van der Waals surface area contributed by atoms with E-state index in [9.17, 15) is 14.9 Å². The third kappa shape index (κ3) is 2.91. The minimum atomic E-state index is -1.80. The Morgan fingerprint density at radius 1 is 1.22 bits per heavy atom. The molecule has 7 heteroatoms. The zero-order valence-corrected chi connectivity index (χ0v) is 17.3. The number of nitrogens with zero attached hydrogens (tertiary/aromatic N) is 2. The van der Waals surface area contributed by atoms with Gasteiger partial charge in [0.05, 0.1) is 6.54 Å². The summed E-state index contributed by atoms with van der Waals surface area (Å²) in [6.07, 6.45) is 5.50. The van der Waals surface area contributed by atoms with Crippen LogP contribution in [-0.2, 0) is 31.1 Å². The van der Waals surface area contributed by atoms with Crippen LogP contribution >= 0.6 is 0 Å². The average molecular weight is 425 g/mol. The smallest absolute Gasteiger partial charge is 0.339 e. The standard InChI is InChI=1S/C25H19N3O4/c1-3-13-28-20-12-8-7-11-18(20)25(24(28)30)19(14-26)22(27)32-16(2)21(25)23(29)31-15-17-9-5-4-6-10-17/h1,4-12H,13,15,27H2,2H3/t25-/m0/s1. The number of hydrogen-bond acceptors (Lipinski definition) is 6. The maximum atomic E-state index is 13.9. The van der Waals surface area contributed by atoms with Crippen LogP contribution in [0.4, 0.5) is 5.69 Å². The van der Waals surface area contributed by atoms with Gasteiger partial charge in [-0.2, -0.15) is 5.26 Å². The van der Waals surface area contributed by atoms with Gasteiger partial charge in [0.15, 0.2) is 5.41 Å². The number of terminal acetylenes is 1. The van der Waals surface area contributed by atoms with Gasteiger partial charge in [-0.25, -0.2) is 4.79 Å². The van der Waals surface area contributed by atoms with Crippen LogP contribution < -0.4 is 10.6 Å². The molecule has 2 aliphatic heterocycles. The van der Waals surface area contributed by atoms with Gasteiger partial charge in [0.1, 0.15) is 29.6 Å². The highest BCUT2D eigenvalue weighted by molar-refractivity contribution is 6.18. The number of ether oxygens (including phenoxy) is 2. The molecule has 2 aromatic rings. The van der Waals surface area contributed by atoms with Gasteiger partial charge in [-0.15, -0.1) is 6.42 Å². The predicted molar refractivity (Wildman–Crippen MR) is 116 cm³/mol. The Labute approximate surface area is 185 Å². The highest BCUT2D eigenvalue weighted by Crippen LogP contribution is 2.54.